The minimum atomic E-state index is -2.72. The first-order chi connectivity index (χ1) is 7.11. The lowest BCUT2D eigenvalue weighted by Crippen LogP contribution is -2.03. The zero-order valence-electron chi connectivity index (χ0n) is 7.34. The Morgan fingerprint density at radius 1 is 1.47 bits per heavy atom. The molecule has 0 fully saturated rings. The van der Waals surface area contributed by atoms with Crippen LogP contribution >= 0.6 is 22.6 Å². The number of alkyl halides is 2. The Morgan fingerprint density at radius 3 is 2.60 bits per heavy atom. The average molecular weight is 319 g/mol. The topological polar surface area (TPSA) is 60.5 Å². The zero-order valence-corrected chi connectivity index (χ0v) is 9.49. The second-order valence-corrected chi connectivity index (χ2v) is 3.62. The summed E-state index contributed by atoms with van der Waals surface area (Å²) in [5.41, 5.74) is -0.196. The van der Waals surface area contributed by atoms with Crippen molar-refractivity contribution in [2.45, 2.75) is 12.8 Å². The Morgan fingerprint density at radius 2 is 2.13 bits per heavy atom. The van der Waals surface area contributed by atoms with Gasteiger partial charge in [-0.2, -0.15) is 10.5 Å². The monoisotopic (exact) mass is 319 g/mol. The van der Waals surface area contributed by atoms with Gasteiger partial charge in [0.1, 0.15) is 9.77 Å². The van der Waals surface area contributed by atoms with Gasteiger partial charge in [-0.1, -0.05) is 0 Å². The largest absolute Gasteiger partial charge is 0.266 e. The molecule has 0 unspecified atom stereocenters. The van der Waals surface area contributed by atoms with E-state index >= 15 is 0 Å². The van der Waals surface area contributed by atoms with E-state index in [2.05, 4.69) is 4.98 Å². The summed E-state index contributed by atoms with van der Waals surface area (Å²) < 4.78 is 25.5. The summed E-state index contributed by atoms with van der Waals surface area (Å²) in [6.07, 6.45) is -1.72. The number of hydrogen-bond acceptors (Lipinski definition) is 3. The molecule has 1 rings (SSSR count). The van der Waals surface area contributed by atoms with Gasteiger partial charge in [0.15, 0.2) is 0 Å². The minimum Gasteiger partial charge on any atom is -0.248 e. The number of rotatable bonds is 2. The van der Waals surface area contributed by atoms with E-state index in [0.717, 1.165) is 0 Å². The molecular formula is C9H4F2IN3. The second kappa shape index (κ2) is 4.99. The van der Waals surface area contributed by atoms with Crippen molar-refractivity contribution >= 4 is 22.6 Å². The van der Waals surface area contributed by atoms with E-state index in [1.165, 1.54) is 6.20 Å². The first-order valence-electron chi connectivity index (χ1n) is 3.84. The van der Waals surface area contributed by atoms with Crippen LogP contribution in [0.15, 0.2) is 6.20 Å². The summed E-state index contributed by atoms with van der Waals surface area (Å²) in [4.78, 5) is 3.69. The smallest absolute Gasteiger partial charge is 0.248 e. The van der Waals surface area contributed by atoms with Crippen LogP contribution < -0.4 is 0 Å². The third-order valence-electron chi connectivity index (χ3n) is 1.77. The van der Waals surface area contributed by atoms with Gasteiger partial charge in [-0.25, -0.2) is 13.8 Å². The number of pyridine rings is 1. The molecule has 0 amide bonds. The lowest BCUT2D eigenvalue weighted by Gasteiger charge is -2.08. The Kier molecular flexibility index (Phi) is 3.92. The molecule has 0 aliphatic heterocycles. The molecule has 1 heterocycles. The van der Waals surface area contributed by atoms with Gasteiger partial charge >= 0.3 is 0 Å². The van der Waals surface area contributed by atoms with Gasteiger partial charge in [0.05, 0.1) is 23.6 Å². The van der Waals surface area contributed by atoms with Crippen molar-refractivity contribution in [1.82, 2.24) is 4.98 Å². The van der Waals surface area contributed by atoms with E-state index in [9.17, 15) is 8.78 Å². The molecule has 0 aliphatic rings. The number of aromatic nitrogens is 1. The highest BCUT2D eigenvalue weighted by atomic mass is 127. The minimum absolute atomic E-state index is 0.0345. The zero-order chi connectivity index (χ0) is 11.4. The highest BCUT2D eigenvalue weighted by Gasteiger charge is 2.20. The first kappa shape index (κ1) is 11.8. The van der Waals surface area contributed by atoms with E-state index in [-0.39, 0.29) is 26.8 Å². The van der Waals surface area contributed by atoms with Crippen LogP contribution in [0.4, 0.5) is 8.78 Å². The molecular weight excluding hydrogens is 315 g/mol. The molecule has 0 atom stereocenters. The van der Waals surface area contributed by atoms with E-state index in [1.807, 2.05) is 0 Å². The fraction of sp³-hybridized carbons (Fsp3) is 0.222. The van der Waals surface area contributed by atoms with E-state index in [0.29, 0.717) is 0 Å². The van der Waals surface area contributed by atoms with Crippen LogP contribution in [0.25, 0.3) is 0 Å². The van der Waals surface area contributed by atoms with Crippen molar-refractivity contribution in [3.63, 3.8) is 0 Å². The normalized spacial score (nSPS) is 9.73. The first-order valence-corrected chi connectivity index (χ1v) is 4.92. The van der Waals surface area contributed by atoms with Crippen molar-refractivity contribution in [1.29, 1.82) is 10.5 Å². The number of nitrogens with zero attached hydrogens (tertiary/aromatic N) is 3. The summed E-state index contributed by atoms with van der Waals surface area (Å²) in [6.45, 7) is 0. The van der Waals surface area contributed by atoms with Crippen molar-refractivity contribution in [2.75, 3.05) is 0 Å². The molecule has 0 radical (unpaired) electrons. The van der Waals surface area contributed by atoms with Gasteiger partial charge in [0.2, 0.25) is 0 Å². The molecule has 0 aromatic carbocycles. The van der Waals surface area contributed by atoms with Gasteiger partial charge in [-0.15, -0.1) is 0 Å². The molecule has 0 saturated heterocycles. The molecule has 15 heavy (non-hydrogen) atoms. The molecule has 1 aromatic rings. The Labute approximate surface area is 98.5 Å². The Balaban J connectivity index is 3.47. The van der Waals surface area contributed by atoms with Crippen LogP contribution in [0.5, 0.6) is 0 Å². The molecule has 6 heteroatoms. The van der Waals surface area contributed by atoms with E-state index in [1.54, 1.807) is 34.7 Å². The molecule has 0 saturated carbocycles. The van der Waals surface area contributed by atoms with Crippen LogP contribution in [-0.2, 0) is 6.42 Å². The lowest BCUT2D eigenvalue weighted by atomic mass is 10.0. The number of nitriles is 2. The molecule has 0 spiro atoms. The second-order valence-electron chi connectivity index (χ2n) is 2.60. The van der Waals surface area contributed by atoms with Gasteiger partial charge < -0.3 is 0 Å². The molecule has 1 aromatic heterocycles. The van der Waals surface area contributed by atoms with Crippen LogP contribution in [0.3, 0.4) is 0 Å². The van der Waals surface area contributed by atoms with Crippen molar-refractivity contribution in [2.24, 2.45) is 0 Å². The fourth-order valence-electron chi connectivity index (χ4n) is 1.13. The Bertz CT molecular complexity index is 460. The van der Waals surface area contributed by atoms with E-state index < -0.39 is 6.43 Å². The highest BCUT2D eigenvalue weighted by Crippen LogP contribution is 2.28. The lowest BCUT2D eigenvalue weighted by molar-refractivity contribution is 0.149. The SMILES string of the molecule is N#CCc1c(C#N)cnc(I)c1C(F)F. The van der Waals surface area contributed by atoms with Crippen molar-refractivity contribution < 1.29 is 8.78 Å². The summed E-state index contributed by atoms with van der Waals surface area (Å²) in [7, 11) is 0. The fourth-order valence-corrected chi connectivity index (χ4v) is 1.83. The maximum Gasteiger partial charge on any atom is 0.266 e. The Hall–Kier alpha value is -1.28. The maximum atomic E-state index is 12.7. The van der Waals surface area contributed by atoms with Crippen LogP contribution in [0.1, 0.15) is 23.1 Å². The summed E-state index contributed by atoms with van der Waals surface area (Å²) in [5.74, 6) is 0. The van der Waals surface area contributed by atoms with Gasteiger partial charge in [0, 0.05) is 6.20 Å². The van der Waals surface area contributed by atoms with Gasteiger partial charge in [-0.05, 0) is 28.2 Å². The number of halogens is 3. The highest BCUT2D eigenvalue weighted by molar-refractivity contribution is 14.1. The van der Waals surface area contributed by atoms with Crippen molar-refractivity contribution in [3.8, 4) is 12.1 Å². The van der Waals surface area contributed by atoms with Gasteiger partial charge in [-0.3, -0.25) is 0 Å². The summed E-state index contributed by atoms with van der Waals surface area (Å²) in [5, 5.41) is 17.2. The summed E-state index contributed by atoms with van der Waals surface area (Å²) >= 11 is 1.66. The van der Waals surface area contributed by atoms with Gasteiger partial charge in [0.25, 0.3) is 6.43 Å². The molecule has 76 valence electrons. The van der Waals surface area contributed by atoms with Crippen LogP contribution in [0.2, 0.25) is 0 Å². The number of hydrogen-bond donors (Lipinski definition) is 0. The third-order valence-corrected chi connectivity index (χ3v) is 2.63. The summed E-state index contributed by atoms with van der Waals surface area (Å²) in [6, 6.07) is 3.52. The van der Waals surface area contributed by atoms with Crippen LogP contribution in [-0.4, -0.2) is 4.98 Å². The third kappa shape index (κ3) is 2.39. The predicted molar refractivity (Wildman–Crippen MR) is 55.9 cm³/mol. The van der Waals surface area contributed by atoms with Crippen molar-refractivity contribution in [3.05, 3.63) is 26.6 Å². The predicted octanol–water partition coefficient (Wildman–Crippen LogP) is 2.56. The molecule has 0 N–H and O–H groups in total. The maximum absolute atomic E-state index is 12.7. The standard InChI is InChI=1S/C9H4F2IN3/c10-8(11)7-6(1-2-13)5(3-14)4-15-9(7)12/h4,8H,1H2. The molecule has 0 bridgehead atoms. The average Bonchev–Trinajstić information content (AvgIpc) is 2.18. The molecule has 3 nitrogen and oxygen atoms in total. The van der Waals surface area contributed by atoms with E-state index in [4.69, 9.17) is 10.5 Å². The molecule has 0 aliphatic carbocycles. The van der Waals surface area contributed by atoms with Crippen LogP contribution in [0, 0.1) is 26.4 Å². The quantitative estimate of drug-likeness (QED) is 0.622.